The third kappa shape index (κ3) is 6.68. The molecular weight excluding hydrogens is 546 g/mol. The maximum absolute atomic E-state index is 12.8. The second-order valence-corrected chi connectivity index (χ2v) is 12.8. The number of nitrogens with zero attached hydrogens (tertiary/aromatic N) is 2. The second kappa shape index (κ2) is 12.9. The first-order valence-electron chi connectivity index (χ1n) is 13.5. The van der Waals surface area contributed by atoms with Crippen LogP contribution in [0.25, 0.3) is 0 Å². The van der Waals surface area contributed by atoms with Crippen LogP contribution in [0.1, 0.15) is 46.1 Å². The first-order valence-corrected chi connectivity index (χ1v) is 16.0. The quantitative estimate of drug-likeness (QED) is 0.357. The number of thioether (sulfide) groups is 1. The Morgan fingerprint density at radius 2 is 1.62 bits per heavy atom. The monoisotopic (exact) mass is 579 g/mol. The number of hydrogen-bond acceptors (Lipinski definition) is 6. The maximum atomic E-state index is 12.8. The lowest BCUT2D eigenvalue weighted by Crippen LogP contribution is -2.35. The van der Waals surface area contributed by atoms with E-state index < -0.39 is 10.0 Å². The first-order chi connectivity index (χ1) is 19.4. The van der Waals surface area contributed by atoms with Crippen LogP contribution in [0.5, 0.6) is 5.75 Å². The third-order valence-corrected chi connectivity index (χ3v) is 10.2. The third-order valence-electron chi connectivity index (χ3n) is 7.05. The molecule has 10 heteroatoms. The Kier molecular flexibility index (Phi) is 9.08. The van der Waals surface area contributed by atoms with Crippen LogP contribution in [0.4, 0.5) is 0 Å². The topological polar surface area (TPSA) is 96.0 Å². The van der Waals surface area contributed by atoms with E-state index in [1.807, 2.05) is 47.4 Å². The number of carbonyl (C=O) groups is 2. The Labute approximate surface area is 239 Å². The molecule has 3 aromatic rings. The molecule has 0 spiro atoms. The van der Waals surface area contributed by atoms with Crippen LogP contribution in [0.2, 0.25) is 0 Å². The van der Waals surface area contributed by atoms with Gasteiger partial charge >= 0.3 is 0 Å². The van der Waals surface area contributed by atoms with E-state index in [0.29, 0.717) is 43.2 Å². The number of hydrogen-bond donors (Lipinski definition) is 1. The number of sulfonamides is 1. The van der Waals surface area contributed by atoms with Crippen molar-refractivity contribution in [2.45, 2.75) is 36.1 Å². The standard InChI is InChI=1S/C30H33N3O5S2/c34-28-22-39-30(33(28)21-23-7-3-1-4-8-23)25-11-9-24(10-12-25)29(35)31-17-20-38-26-13-15-27(16-14-26)40(36,37)32-18-5-2-6-19-32/h1,3-4,7-16,30H,2,5-6,17-22H2,(H,31,35)/t30-/m1/s1. The fourth-order valence-electron chi connectivity index (χ4n) is 4.88. The molecule has 1 atom stereocenters. The van der Waals surface area contributed by atoms with Gasteiger partial charge in [-0.25, -0.2) is 8.42 Å². The average molecular weight is 580 g/mol. The van der Waals surface area contributed by atoms with Crippen LogP contribution < -0.4 is 10.1 Å². The number of amides is 2. The summed E-state index contributed by atoms with van der Waals surface area (Å²) in [7, 11) is -3.47. The number of rotatable bonds is 10. The SMILES string of the molecule is O=C(NCCOc1ccc(S(=O)(=O)N2CCCCC2)cc1)c1ccc([C@H]2SCC(=O)N2Cc2ccccc2)cc1. The highest BCUT2D eigenvalue weighted by Crippen LogP contribution is 2.39. The Morgan fingerprint density at radius 3 is 2.33 bits per heavy atom. The molecule has 0 saturated carbocycles. The molecule has 0 radical (unpaired) electrons. The molecule has 2 aliphatic heterocycles. The van der Waals surface area contributed by atoms with Crippen LogP contribution >= 0.6 is 11.8 Å². The number of ether oxygens (including phenoxy) is 1. The summed E-state index contributed by atoms with van der Waals surface area (Å²) in [4.78, 5) is 27.3. The minimum absolute atomic E-state index is 0.0838. The van der Waals surface area contributed by atoms with E-state index in [4.69, 9.17) is 4.74 Å². The van der Waals surface area contributed by atoms with Crippen molar-refractivity contribution in [3.8, 4) is 5.75 Å². The molecular formula is C30H33N3O5S2. The number of nitrogens with one attached hydrogen (secondary N) is 1. The van der Waals surface area contributed by atoms with Gasteiger partial charge in [-0.2, -0.15) is 4.31 Å². The number of piperidine rings is 1. The lowest BCUT2D eigenvalue weighted by Gasteiger charge is -2.25. The van der Waals surface area contributed by atoms with Gasteiger partial charge < -0.3 is 15.0 Å². The zero-order valence-corrected chi connectivity index (χ0v) is 23.8. The molecule has 210 valence electrons. The molecule has 1 N–H and O–H groups in total. The van der Waals surface area contributed by atoms with Gasteiger partial charge in [-0.05, 0) is 60.4 Å². The zero-order chi connectivity index (χ0) is 28.0. The second-order valence-electron chi connectivity index (χ2n) is 9.83. The molecule has 3 aromatic carbocycles. The summed E-state index contributed by atoms with van der Waals surface area (Å²) in [6, 6.07) is 23.7. The fourth-order valence-corrected chi connectivity index (χ4v) is 7.58. The molecule has 0 aromatic heterocycles. The zero-order valence-electron chi connectivity index (χ0n) is 22.2. The molecule has 0 aliphatic carbocycles. The van der Waals surface area contributed by atoms with Crippen LogP contribution in [0, 0.1) is 0 Å². The molecule has 2 aliphatic rings. The van der Waals surface area contributed by atoms with E-state index in [-0.39, 0.29) is 28.7 Å². The van der Waals surface area contributed by atoms with Crippen LogP contribution in [0.15, 0.2) is 83.8 Å². The molecule has 2 saturated heterocycles. The van der Waals surface area contributed by atoms with Crippen LogP contribution in [0.3, 0.4) is 0 Å². The van der Waals surface area contributed by atoms with Gasteiger partial charge in [0.25, 0.3) is 5.91 Å². The highest BCUT2D eigenvalue weighted by molar-refractivity contribution is 8.00. The van der Waals surface area contributed by atoms with Crippen molar-refractivity contribution in [3.05, 3.63) is 95.6 Å². The fraction of sp³-hybridized carbons (Fsp3) is 0.333. The Morgan fingerprint density at radius 1 is 0.925 bits per heavy atom. The molecule has 2 fully saturated rings. The molecule has 2 heterocycles. The summed E-state index contributed by atoms with van der Waals surface area (Å²) in [5.41, 5.74) is 2.59. The number of carbonyl (C=O) groups excluding carboxylic acids is 2. The van der Waals surface area contributed by atoms with Crippen molar-refractivity contribution < 1.29 is 22.7 Å². The minimum Gasteiger partial charge on any atom is -0.492 e. The summed E-state index contributed by atoms with van der Waals surface area (Å²) >= 11 is 1.59. The van der Waals surface area contributed by atoms with Crippen molar-refractivity contribution in [1.82, 2.24) is 14.5 Å². The highest BCUT2D eigenvalue weighted by atomic mass is 32.2. The lowest BCUT2D eigenvalue weighted by atomic mass is 10.1. The van der Waals surface area contributed by atoms with Gasteiger partial charge in [0.05, 0.1) is 17.2 Å². The first kappa shape index (κ1) is 28.2. The van der Waals surface area contributed by atoms with Crippen molar-refractivity contribution in [3.63, 3.8) is 0 Å². The van der Waals surface area contributed by atoms with Crippen molar-refractivity contribution in [2.24, 2.45) is 0 Å². The average Bonchev–Trinajstić information content (AvgIpc) is 3.36. The van der Waals surface area contributed by atoms with Gasteiger partial charge in [0.2, 0.25) is 15.9 Å². The van der Waals surface area contributed by atoms with E-state index in [2.05, 4.69) is 5.32 Å². The van der Waals surface area contributed by atoms with Gasteiger partial charge in [0.1, 0.15) is 17.7 Å². The van der Waals surface area contributed by atoms with Crippen LogP contribution in [-0.2, 0) is 21.4 Å². The highest BCUT2D eigenvalue weighted by Gasteiger charge is 2.32. The van der Waals surface area contributed by atoms with Crippen molar-refractivity contribution >= 4 is 33.6 Å². The Balaban J connectivity index is 1.09. The molecule has 0 bridgehead atoms. The smallest absolute Gasteiger partial charge is 0.251 e. The van der Waals surface area contributed by atoms with E-state index in [0.717, 1.165) is 30.4 Å². The van der Waals surface area contributed by atoms with Crippen LogP contribution in [-0.4, -0.2) is 61.4 Å². The van der Waals surface area contributed by atoms with Gasteiger partial charge in [-0.15, -0.1) is 11.8 Å². The predicted octanol–water partition coefficient (Wildman–Crippen LogP) is 4.44. The van der Waals surface area contributed by atoms with E-state index in [1.165, 1.54) is 0 Å². The van der Waals surface area contributed by atoms with Crippen molar-refractivity contribution in [2.75, 3.05) is 32.0 Å². The number of benzene rings is 3. The van der Waals surface area contributed by atoms with Gasteiger partial charge in [0, 0.05) is 25.2 Å². The molecule has 0 unspecified atom stereocenters. The largest absolute Gasteiger partial charge is 0.492 e. The van der Waals surface area contributed by atoms with E-state index in [1.54, 1.807) is 52.5 Å². The summed E-state index contributed by atoms with van der Waals surface area (Å²) in [6.45, 7) is 2.23. The molecule has 40 heavy (non-hydrogen) atoms. The van der Waals surface area contributed by atoms with E-state index in [9.17, 15) is 18.0 Å². The molecule has 5 rings (SSSR count). The molecule has 8 nitrogen and oxygen atoms in total. The summed E-state index contributed by atoms with van der Waals surface area (Å²) in [6.07, 6.45) is 2.85. The van der Waals surface area contributed by atoms with Crippen molar-refractivity contribution in [1.29, 1.82) is 0 Å². The normalized spacial score (nSPS) is 18.1. The van der Waals surface area contributed by atoms with Gasteiger partial charge in [-0.1, -0.05) is 48.9 Å². The maximum Gasteiger partial charge on any atom is 0.251 e. The van der Waals surface area contributed by atoms with Gasteiger partial charge in [0.15, 0.2) is 0 Å². The molecule has 2 amide bonds. The Bertz CT molecular complexity index is 1410. The minimum atomic E-state index is -3.47. The summed E-state index contributed by atoms with van der Waals surface area (Å²) < 4.78 is 32.8. The van der Waals surface area contributed by atoms with Gasteiger partial charge in [-0.3, -0.25) is 9.59 Å². The summed E-state index contributed by atoms with van der Waals surface area (Å²) in [5.74, 6) is 0.879. The predicted molar refractivity (Wildman–Crippen MR) is 156 cm³/mol. The van der Waals surface area contributed by atoms with E-state index >= 15 is 0 Å². The lowest BCUT2D eigenvalue weighted by molar-refractivity contribution is -0.128. The summed E-state index contributed by atoms with van der Waals surface area (Å²) in [5, 5.41) is 2.77. The Hall–Kier alpha value is -3.34.